The van der Waals surface area contributed by atoms with E-state index in [4.69, 9.17) is 9.57 Å². The molecule has 7 heteroatoms. The van der Waals surface area contributed by atoms with Crippen LogP contribution >= 0.6 is 0 Å². The van der Waals surface area contributed by atoms with Gasteiger partial charge in [-0.25, -0.2) is 5.48 Å². The average Bonchev–Trinajstić information content (AvgIpc) is 3.04. The summed E-state index contributed by atoms with van der Waals surface area (Å²) in [5.74, 6) is -0.842. The minimum absolute atomic E-state index is 0.222. The first-order chi connectivity index (χ1) is 12.3. The number of likely N-dealkylation sites (tertiary alicyclic amines) is 1. The molecular weight excluding hydrogens is 336 g/mol. The van der Waals surface area contributed by atoms with E-state index in [-0.39, 0.29) is 12.6 Å². The summed E-state index contributed by atoms with van der Waals surface area (Å²) in [6, 6.07) is 8.04. The van der Waals surface area contributed by atoms with Crippen LogP contribution in [0.5, 0.6) is 0 Å². The van der Waals surface area contributed by atoms with Crippen LogP contribution in [0.25, 0.3) is 0 Å². The Kier molecular flexibility index (Phi) is 7.14. The Balaban J connectivity index is 1.92. The zero-order valence-corrected chi connectivity index (χ0v) is 15.6. The maximum absolute atomic E-state index is 12.4. The highest BCUT2D eigenvalue weighted by Crippen LogP contribution is 2.23. The van der Waals surface area contributed by atoms with Gasteiger partial charge in [0.2, 0.25) is 0 Å². The summed E-state index contributed by atoms with van der Waals surface area (Å²) in [4.78, 5) is 31.8. The molecule has 0 spiro atoms. The highest BCUT2D eigenvalue weighted by atomic mass is 16.7. The SMILES string of the molecule is CC(C)(C)OC(=O)[C@@H]1CCCN1[C@@H](CO)C(=O)NOCc1ccccc1. The van der Waals surface area contributed by atoms with Crippen LogP contribution in [-0.2, 0) is 25.8 Å². The fourth-order valence-electron chi connectivity index (χ4n) is 2.96. The van der Waals surface area contributed by atoms with Crippen molar-refractivity contribution in [2.75, 3.05) is 13.2 Å². The average molecular weight is 364 g/mol. The molecule has 7 nitrogen and oxygen atoms in total. The van der Waals surface area contributed by atoms with Crippen LogP contribution in [0, 0.1) is 0 Å². The molecule has 0 bridgehead atoms. The van der Waals surface area contributed by atoms with Crippen LogP contribution in [0.3, 0.4) is 0 Å². The molecule has 2 N–H and O–H groups in total. The van der Waals surface area contributed by atoms with Crippen molar-refractivity contribution in [2.45, 2.75) is 57.9 Å². The van der Waals surface area contributed by atoms with Crippen molar-refractivity contribution in [1.82, 2.24) is 10.4 Å². The Bertz CT molecular complexity index is 600. The predicted octanol–water partition coefficient (Wildman–Crippen LogP) is 1.40. The number of carbonyl (C=O) groups is 2. The number of hydrogen-bond donors (Lipinski definition) is 2. The van der Waals surface area contributed by atoms with Gasteiger partial charge in [-0.3, -0.25) is 19.3 Å². The van der Waals surface area contributed by atoms with Gasteiger partial charge in [0, 0.05) is 0 Å². The maximum atomic E-state index is 12.4. The fraction of sp³-hybridized carbons (Fsp3) is 0.579. The molecule has 0 aliphatic carbocycles. The molecular formula is C19H28N2O5. The van der Waals surface area contributed by atoms with Crippen LogP contribution in [0.4, 0.5) is 0 Å². The Morgan fingerprint density at radius 3 is 2.62 bits per heavy atom. The smallest absolute Gasteiger partial charge is 0.323 e. The highest BCUT2D eigenvalue weighted by molar-refractivity contribution is 5.83. The molecule has 1 amide bonds. The Morgan fingerprint density at radius 1 is 1.31 bits per heavy atom. The number of amides is 1. The second kappa shape index (κ2) is 9.12. The number of carbonyl (C=O) groups excluding carboxylic acids is 2. The van der Waals surface area contributed by atoms with E-state index < -0.39 is 30.2 Å². The second-order valence-corrected chi connectivity index (χ2v) is 7.37. The topological polar surface area (TPSA) is 88.1 Å². The number of hydroxylamine groups is 1. The van der Waals surface area contributed by atoms with E-state index >= 15 is 0 Å². The summed E-state index contributed by atoms with van der Waals surface area (Å²) < 4.78 is 5.44. The third kappa shape index (κ3) is 5.79. The van der Waals surface area contributed by atoms with E-state index in [1.807, 2.05) is 30.3 Å². The summed E-state index contributed by atoms with van der Waals surface area (Å²) >= 11 is 0. The van der Waals surface area contributed by atoms with E-state index in [9.17, 15) is 14.7 Å². The van der Waals surface area contributed by atoms with E-state index in [2.05, 4.69) is 5.48 Å². The summed E-state index contributed by atoms with van der Waals surface area (Å²) in [5.41, 5.74) is 2.70. The van der Waals surface area contributed by atoms with Crippen molar-refractivity contribution < 1.29 is 24.3 Å². The van der Waals surface area contributed by atoms with Gasteiger partial charge in [-0.2, -0.15) is 0 Å². The third-order valence-electron chi connectivity index (χ3n) is 4.10. The summed E-state index contributed by atoms with van der Waals surface area (Å²) in [6.45, 7) is 5.77. The van der Waals surface area contributed by atoms with Gasteiger partial charge in [-0.1, -0.05) is 30.3 Å². The molecule has 144 valence electrons. The Hall–Kier alpha value is -1.96. The zero-order chi connectivity index (χ0) is 19.2. The van der Waals surface area contributed by atoms with Gasteiger partial charge in [0.05, 0.1) is 13.2 Å². The Labute approximate surface area is 154 Å². The Morgan fingerprint density at radius 2 is 2.00 bits per heavy atom. The molecule has 0 aromatic heterocycles. The normalized spacial score (nSPS) is 19.2. The first kappa shape index (κ1) is 20.4. The lowest BCUT2D eigenvalue weighted by Crippen LogP contribution is -2.53. The van der Waals surface area contributed by atoms with Crippen LogP contribution in [0.2, 0.25) is 0 Å². The summed E-state index contributed by atoms with van der Waals surface area (Å²) in [5, 5.41) is 9.70. The molecule has 0 saturated carbocycles. The number of ether oxygens (including phenoxy) is 1. The van der Waals surface area contributed by atoms with E-state index in [0.717, 1.165) is 12.0 Å². The minimum atomic E-state index is -0.856. The largest absolute Gasteiger partial charge is 0.459 e. The van der Waals surface area contributed by atoms with Crippen LogP contribution in [0.1, 0.15) is 39.2 Å². The molecule has 1 aromatic rings. The number of aliphatic hydroxyl groups is 1. The van der Waals surface area contributed by atoms with Crippen LogP contribution < -0.4 is 5.48 Å². The third-order valence-corrected chi connectivity index (χ3v) is 4.10. The quantitative estimate of drug-likeness (QED) is 0.562. The van der Waals surface area contributed by atoms with Gasteiger partial charge in [-0.15, -0.1) is 0 Å². The van der Waals surface area contributed by atoms with Gasteiger partial charge in [0.1, 0.15) is 17.7 Å². The molecule has 1 saturated heterocycles. The molecule has 2 atom stereocenters. The lowest BCUT2D eigenvalue weighted by molar-refractivity contribution is -0.162. The highest BCUT2D eigenvalue weighted by Gasteiger charge is 2.40. The molecule has 0 unspecified atom stereocenters. The lowest BCUT2D eigenvalue weighted by atomic mass is 10.1. The number of nitrogens with zero attached hydrogens (tertiary/aromatic N) is 1. The van der Waals surface area contributed by atoms with E-state index in [1.165, 1.54) is 0 Å². The van der Waals surface area contributed by atoms with Gasteiger partial charge >= 0.3 is 5.97 Å². The van der Waals surface area contributed by atoms with Gasteiger partial charge in [0.25, 0.3) is 5.91 Å². The molecule has 2 rings (SSSR count). The molecule has 1 heterocycles. The molecule has 0 radical (unpaired) electrons. The van der Waals surface area contributed by atoms with Crippen molar-refractivity contribution in [1.29, 1.82) is 0 Å². The maximum Gasteiger partial charge on any atom is 0.323 e. The molecule has 26 heavy (non-hydrogen) atoms. The fourth-order valence-corrected chi connectivity index (χ4v) is 2.96. The van der Waals surface area contributed by atoms with E-state index in [0.29, 0.717) is 13.0 Å². The minimum Gasteiger partial charge on any atom is -0.459 e. The number of aliphatic hydroxyl groups excluding tert-OH is 1. The number of rotatable bonds is 7. The van der Waals surface area contributed by atoms with Crippen molar-refractivity contribution >= 4 is 11.9 Å². The van der Waals surface area contributed by atoms with Crippen LogP contribution in [-0.4, -0.2) is 52.7 Å². The first-order valence-electron chi connectivity index (χ1n) is 8.87. The first-order valence-corrected chi connectivity index (χ1v) is 8.87. The van der Waals surface area contributed by atoms with Gasteiger partial charge < -0.3 is 9.84 Å². The number of nitrogens with one attached hydrogen (secondary N) is 1. The molecule has 1 fully saturated rings. The number of hydrogen-bond acceptors (Lipinski definition) is 6. The van der Waals surface area contributed by atoms with Crippen molar-refractivity contribution in [3.05, 3.63) is 35.9 Å². The zero-order valence-electron chi connectivity index (χ0n) is 15.6. The van der Waals surface area contributed by atoms with Gasteiger partial charge in [-0.05, 0) is 45.7 Å². The predicted molar refractivity (Wildman–Crippen MR) is 95.8 cm³/mol. The molecule has 1 aliphatic heterocycles. The standard InChI is InChI=1S/C19H28N2O5/c1-19(2,3)26-18(24)15-10-7-11-21(15)16(12-22)17(23)20-25-13-14-8-5-4-6-9-14/h4-6,8-9,15-16,22H,7,10-13H2,1-3H3,(H,20,23)/t15-,16-/m0/s1. The monoisotopic (exact) mass is 364 g/mol. The summed E-state index contributed by atoms with van der Waals surface area (Å²) in [7, 11) is 0. The summed E-state index contributed by atoms with van der Waals surface area (Å²) in [6.07, 6.45) is 1.36. The number of benzene rings is 1. The molecule has 1 aromatic carbocycles. The van der Waals surface area contributed by atoms with Crippen molar-refractivity contribution in [3.8, 4) is 0 Å². The number of esters is 1. The second-order valence-electron chi connectivity index (χ2n) is 7.37. The van der Waals surface area contributed by atoms with Crippen molar-refractivity contribution in [3.63, 3.8) is 0 Å². The van der Waals surface area contributed by atoms with E-state index in [1.54, 1.807) is 25.7 Å². The van der Waals surface area contributed by atoms with Crippen LogP contribution in [0.15, 0.2) is 30.3 Å². The van der Waals surface area contributed by atoms with Crippen molar-refractivity contribution in [2.24, 2.45) is 0 Å². The van der Waals surface area contributed by atoms with Gasteiger partial charge in [0.15, 0.2) is 0 Å². The lowest BCUT2D eigenvalue weighted by Gasteiger charge is -2.31. The molecule has 1 aliphatic rings.